The topological polar surface area (TPSA) is 42.0 Å². The van der Waals surface area contributed by atoms with Crippen LogP contribution in [0.1, 0.15) is 63.4 Å². The molecule has 0 unspecified atom stereocenters. The van der Waals surface area contributed by atoms with E-state index in [9.17, 15) is 4.79 Å². The summed E-state index contributed by atoms with van der Waals surface area (Å²) in [6, 6.07) is 6.17. The summed E-state index contributed by atoms with van der Waals surface area (Å²) >= 11 is 0. The SMILES string of the molecule is Cc1cccc([C@@H](NC(=O)CCCC(C)C)C2CC2)n1. The monoisotopic (exact) mass is 274 g/mol. The Morgan fingerprint density at radius 2 is 2.15 bits per heavy atom. The van der Waals surface area contributed by atoms with E-state index < -0.39 is 0 Å². The molecule has 0 aliphatic heterocycles. The van der Waals surface area contributed by atoms with Crippen molar-refractivity contribution in [2.45, 2.75) is 58.9 Å². The van der Waals surface area contributed by atoms with E-state index in [0.717, 1.165) is 24.2 Å². The van der Waals surface area contributed by atoms with Crippen LogP contribution >= 0.6 is 0 Å². The van der Waals surface area contributed by atoms with Crippen molar-refractivity contribution in [1.82, 2.24) is 10.3 Å². The van der Waals surface area contributed by atoms with Crippen molar-refractivity contribution in [3.63, 3.8) is 0 Å². The van der Waals surface area contributed by atoms with Crippen LogP contribution in [0.3, 0.4) is 0 Å². The van der Waals surface area contributed by atoms with E-state index in [1.165, 1.54) is 12.8 Å². The molecule has 3 heteroatoms. The van der Waals surface area contributed by atoms with Gasteiger partial charge in [-0.2, -0.15) is 0 Å². The lowest BCUT2D eigenvalue weighted by Gasteiger charge is -2.18. The fourth-order valence-corrected chi connectivity index (χ4v) is 2.52. The first-order chi connectivity index (χ1) is 9.56. The van der Waals surface area contributed by atoms with Crippen LogP contribution in [0, 0.1) is 18.8 Å². The van der Waals surface area contributed by atoms with E-state index in [0.29, 0.717) is 18.3 Å². The molecule has 0 bridgehead atoms. The molecule has 1 heterocycles. The van der Waals surface area contributed by atoms with E-state index in [4.69, 9.17) is 0 Å². The number of rotatable bonds is 7. The summed E-state index contributed by atoms with van der Waals surface area (Å²) in [6.07, 6.45) is 5.12. The quantitative estimate of drug-likeness (QED) is 0.822. The zero-order chi connectivity index (χ0) is 14.5. The van der Waals surface area contributed by atoms with E-state index in [1.807, 2.05) is 25.1 Å². The normalized spacial score (nSPS) is 16.2. The predicted octanol–water partition coefficient (Wildman–Crippen LogP) is 3.78. The van der Waals surface area contributed by atoms with E-state index in [1.54, 1.807) is 0 Å². The molecule has 1 aliphatic rings. The molecule has 20 heavy (non-hydrogen) atoms. The molecule has 1 amide bonds. The maximum atomic E-state index is 12.1. The Morgan fingerprint density at radius 1 is 1.40 bits per heavy atom. The number of hydrogen-bond donors (Lipinski definition) is 1. The van der Waals surface area contributed by atoms with Crippen molar-refractivity contribution < 1.29 is 4.79 Å². The molecular formula is C17H26N2O. The minimum Gasteiger partial charge on any atom is -0.347 e. The molecule has 0 spiro atoms. The number of aromatic nitrogens is 1. The molecule has 2 rings (SSSR count). The van der Waals surface area contributed by atoms with Gasteiger partial charge in [0.2, 0.25) is 5.91 Å². The summed E-state index contributed by atoms with van der Waals surface area (Å²) in [6.45, 7) is 6.39. The fraction of sp³-hybridized carbons (Fsp3) is 0.647. The van der Waals surface area contributed by atoms with Gasteiger partial charge in [0.15, 0.2) is 0 Å². The zero-order valence-corrected chi connectivity index (χ0v) is 12.9. The van der Waals surface area contributed by atoms with Gasteiger partial charge in [0.05, 0.1) is 11.7 Å². The number of carbonyl (C=O) groups excluding carboxylic acids is 1. The van der Waals surface area contributed by atoms with Crippen LogP contribution in [-0.2, 0) is 4.79 Å². The molecular weight excluding hydrogens is 248 g/mol. The first kappa shape index (κ1) is 15.0. The van der Waals surface area contributed by atoms with Crippen LogP contribution in [0.15, 0.2) is 18.2 Å². The third-order valence-corrected chi connectivity index (χ3v) is 3.82. The molecule has 0 radical (unpaired) electrons. The van der Waals surface area contributed by atoms with Crippen molar-refractivity contribution in [2.75, 3.05) is 0 Å². The molecule has 1 aromatic heterocycles. The average molecular weight is 274 g/mol. The number of carbonyl (C=O) groups is 1. The highest BCUT2D eigenvalue weighted by molar-refractivity contribution is 5.76. The Hall–Kier alpha value is -1.38. The number of aryl methyl sites for hydroxylation is 1. The van der Waals surface area contributed by atoms with Crippen LogP contribution in [0.25, 0.3) is 0 Å². The van der Waals surface area contributed by atoms with Gasteiger partial charge in [0, 0.05) is 12.1 Å². The van der Waals surface area contributed by atoms with E-state index >= 15 is 0 Å². The minimum absolute atomic E-state index is 0.112. The van der Waals surface area contributed by atoms with Gasteiger partial charge in [-0.3, -0.25) is 9.78 Å². The van der Waals surface area contributed by atoms with Crippen LogP contribution in [0.4, 0.5) is 0 Å². The molecule has 1 aromatic rings. The first-order valence-corrected chi connectivity index (χ1v) is 7.79. The standard InChI is InChI=1S/C17H26N2O/c1-12(2)6-4-9-16(20)19-17(14-10-11-14)15-8-5-7-13(3)18-15/h5,7-8,12,14,17H,4,6,9-11H2,1-3H3,(H,19,20)/t17-/m0/s1. The van der Waals surface area contributed by atoms with Crippen molar-refractivity contribution in [1.29, 1.82) is 0 Å². The number of pyridine rings is 1. The van der Waals surface area contributed by atoms with Crippen LogP contribution < -0.4 is 5.32 Å². The van der Waals surface area contributed by atoms with Crippen LogP contribution in [0.2, 0.25) is 0 Å². The summed E-state index contributed by atoms with van der Waals surface area (Å²) < 4.78 is 0. The fourth-order valence-electron chi connectivity index (χ4n) is 2.52. The van der Waals surface area contributed by atoms with Gasteiger partial charge in [0.25, 0.3) is 0 Å². The third-order valence-electron chi connectivity index (χ3n) is 3.82. The first-order valence-electron chi connectivity index (χ1n) is 7.79. The molecule has 1 N–H and O–H groups in total. The summed E-state index contributed by atoms with van der Waals surface area (Å²) in [4.78, 5) is 16.7. The Kier molecular flexibility index (Phi) is 5.16. The Labute approximate surface area is 122 Å². The van der Waals surface area contributed by atoms with Gasteiger partial charge < -0.3 is 5.32 Å². The van der Waals surface area contributed by atoms with Crippen LogP contribution in [0.5, 0.6) is 0 Å². The third kappa shape index (κ3) is 4.62. The second-order valence-corrected chi connectivity index (χ2v) is 6.37. The lowest BCUT2D eigenvalue weighted by atomic mass is 10.0. The largest absolute Gasteiger partial charge is 0.347 e. The van der Waals surface area contributed by atoms with Gasteiger partial charge in [-0.25, -0.2) is 0 Å². The second-order valence-electron chi connectivity index (χ2n) is 6.37. The second kappa shape index (κ2) is 6.87. The number of nitrogens with zero attached hydrogens (tertiary/aromatic N) is 1. The smallest absolute Gasteiger partial charge is 0.220 e. The summed E-state index contributed by atoms with van der Waals surface area (Å²) in [7, 11) is 0. The van der Waals surface area contributed by atoms with Crippen molar-refractivity contribution in [3.05, 3.63) is 29.6 Å². The molecule has 0 aromatic carbocycles. The Bertz CT molecular complexity index is 452. The van der Waals surface area contributed by atoms with Gasteiger partial charge in [0.1, 0.15) is 0 Å². The van der Waals surface area contributed by atoms with Crippen molar-refractivity contribution in [3.8, 4) is 0 Å². The molecule has 1 atom stereocenters. The summed E-state index contributed by atoms with van der Waals surface area (Å²) in [5.74, 6) is 1.42. The molecule has 1 saturated carbocycles. The van der Waals surface area contributed by atoms with Crippen molar-refractivity contribution in [2.24, 2.45) is 11.8 Å². The van der Waals surface area contributed by atoms with E-state index in [-0.39, 0.29) is 11.9 Å². The highest BCUT2D eigenvalue weighted by Crippen LogP contribution is 2.40. The molecule has 3 nitrogen and oxygen atoms in total. The lowest BCUT2D eigenvalue weighted by molar-refractivity contribution is -0.122. The number of nitrogens with one attached hydrogen (secondary N) is 1. The van der Waals surface area contributed by atoms with E-state index in [2.05, 4.69) is 24.1 Å². The van der Waals surface area contributed by atoms with Crippen LogP contribution in [-0.4, -0.2) is 10.9 Å². The molecule has 1 aliphatic carbocycles. The molecule has 110 valence electrons. The lowest BCUT2D eigenvalue weighted by Crippen LogP contribution is -2.30. The summed E-state index contributed by atoms with van der Waals surface area (Å²) in [5, 5.41) is 3.19. The Balaban J connectivity index is 1.91. The Morgan fingerprint density at radius 3 is 2.75 bits per heavy atom. The highest BCUT2D eigenvalue weighted by atomic mass is 16.1. The summed E-state index contributed by atoms with van der Waals surface area (Å²) in [5.41, 5.74) is 2.03. The molecule has 1 fully saturated rings. The van der Waals surface area contributed by atoms with Crippen molar-refractivity contribution >= 4 is 5.91 Å². The molecule has 0 saturated heterocycles. The van der Waals surface area contributed by atoms with Gasteiger partial charge in [-0.1, -0.05) is 26.3 Å². The zero-order valence-electron chi connectivity index (χ0n) is 12.9. The predicted molar refractivity (Wildman–Crippen MR) is 81.3 cm³/mol. The van der Waals surface area contributed by atoms with Gasteiger partial charge in [-0.15, -0.1) is 0 Å². The highest BCUT2D eigenvalue weighted by Gasteiger charge is 2.34. The van der Waals surface area contributed by atoms with Gasteiger partial charge in [-0.05, 0) is 50.2 Å². The van der Waals surface area contributed by atoms with Gasteiger partial charge >= 0.3 is 0 Å². The number of amides is 1. The number of hydrogen-bond acceptors (Lipinski definition) is 2. The average Bonchev–Trinajstić information content (AvgIpc) is 3.19. The maximum absolute atomic E-state index is 12.1. The minimum atomic E-state index is 0.112. The maximum Gasteiger partial charge on any atom is 0.220 e.